The minimum atomic E-state index is -0.401. The smallest absolute Gasteiger partial charge is 0.196 e. The molecule has 0 saturated carbocycles. The molecular weight excluding hydrogens is 181 g/mol. The highest BCUT2D eigenvalue weighted by Gasteiger charge is 2.11. The number of allylic oxidation sites excluding steroid dienone is 4. The maximum atomic E-state index is 10.6. The number of carbonyl (C=O) groups is 2. The van der Waals surface area contributed by atoms with Crippen LogP contribution in [0.3, 0.4) is 0 Å². The van der Waals surface area contributed by atoms with Crippen LogP contribution in [0.25, 0.3) is 0 Å². The molecule has 1 aliphatic carbocycles. The van der Waals surface area contributed by atoms with Crippen LogP contribution in [0, 0.1) is 11.3 Å². The van der Waals surface area contributed by atoms with Gasteiger partial charge in [0.15, 0.2) is 28.9 Å². The van der Waals surface area contributed by atoms with E-state index in [1.165, 1.54) is 0 Å². The van der Waals surface area contributed by atoms with Crippen molar-refractivity contribution < 1.29 is 9.59 Å². The van der Waals surface area contributed by atoms with Crippen LogP contribution in [0.1, 0.15) is 14.9 Å². The van der Waals surface area contributed by atoms with Gasteiger partial charge in [0.25, 0.3) is 0 Å². The van der Waals surface area contributed by atoms with Gasteiger partial charge in [0, 0.05) is 6.08 Å². The molecule has 13 heavy (non-hydrogen) atoms. The standard InChI is InChI=1S/C7H3NO2.2CH4.Al.3H/c8-4-5-3-6(9)1-2-7(5)10;;;;;;/h1-3H;2*1H4;;;;. The van der Waals surface area contributed by atoms with Crippen molar-refractivity contribution in [2.75, 3.05) is 0 Å². The molecule has 3 nitrogen and oxygen atoms in total. The lowest BCUT2D eigenvalue weighted by molar-refractivity contribution is -0.114. The first kappa shape index (κ1) is 17.8. The van der Waals surface area contributed by atoms with Crippen LogP contribution in [0.4, 0.5) is 0 Å². The van der Waals surface area contributed by atoms with Crippen molar-refractivity contribution in [3.63, 3.8) is 0 Å². The summed E-state index contributed by atoms with van der Waals surface area (Å²) in [6, 6.07) is 1.62. The Bertz CT molecular complexity index is 297. The Hall–Kier alpha value is -1.16. The van der Waals surface area contributed by atoms with Crippen LogP contribution in [0.15, 0.2) is 23.8 Å². The summed E-state index contributed by atoms with van der Waals surface area (Å²) in [5, 5.41) is 8.25. The Kier molecular flexibility index (Phi) is 10.3. The molecule has 0 atom stereocenters. The van der Waals surface area contributed by atoms with E-state index in [-0.39, 0.29) is 43.6 Å². The monoisotopic (exact) mass is 195 g/mol. The molecule has 0 radical (unpaired) electrons. The van der Waals surface area contributed by atoms with Crippen molar-refractivity contribution in [1.82, 2.24) is 0 Å². The average molecular weight is 195 g/mol. The van der Waals surface area contributed by atoms with E-state index in [2.05, 4.69) is 0 Å². The van der Waals surface area contributed by atoms with Crippen molar-refractivity contribution in [3.8, 4) is 6.07 Å². The number of hydrogen-bond donors (Lipinski definition) is 0. The van der Waals surface area contributed by atoms with Gasteiger partial charge in [-0.2, -0.15) is 5.26 Å². The third-order valence-electron chi connectivity index (χ3n) is 1.07. The first-order valence-corrected chi connectivity index (χ1v) is 2.62. The zero-order valence-corrected chi connectivity index (χ0v) is 5.00. The molecule has 0 fully saturated rings. The van der Waals surface area contributed by atoms with Gasteiger partial charge in [0.1, 0.15) is 11.6 Å². The van der Waals surface area contributed by atoms with Gasteiger partial charge in [-0.05, 0) is 12.2 Å². The zero-order chi connectivity index (χ0) is 7.56. The SMILES string of the molecule is C.C.N#CC1=CC(=O)C=CC1=O.[AlH3]. The molecule has 0 aliphatic heterocycles. The topological polar surface area (TPSA) is 57.9 Å². The number of rotatable bonds is 0. The fourth-order valence-corrected chi connectivity index (χ4v) is 0.596. The van der Waals surface area contributed by atoms with Crippen LogP contribution >= 0.6 is 0 Å². The van der Waals surface area contributed by atoms with Gasteiger partial charge < -0.3 is 0 Å². The van der Waals surface area contributed by atoms with E-state index in [1.807, 2.05) is 0 Å². The Morgan fingerprint density at radius 3 is 2.08 bits per heavy atom. The summed E-state index contributed by atoms with van der Waals surface area (Å²) in [5.41, 5.74) is -0.0903. The van der Waals surface area contributed by atoms with Gasteiger partial charge in [-0.3, -0.25) is 9.59 Å². The van der Waals surface area contributed by atoms with Crippen LogP contribution in [-0.2, 0) is 9.59 Å². The molecule has 0 aromatic rings. The normalized spacial score (nSPS) is 12.7. The summed E-state index contributed by atoms with van der Waals surface area (Å²) < 4.78 is 0. The Balaban J connectivity index is -0.000000333. The van der Waals surface area contributed by atoms with Gasteiger partial charge in [-0.1, -0.05) is 14.9 Å². The lowest BCUT2D eigenvalue weighted by Crippen LogP contribution is -2.05. The van der Waals surface area contributed by atoms with E-state index in [9.17, 15) is 9.59 Å². The zero-order valence-electron chi connectivity index (χ0n) is 5.00. The average Bonchev–Trinajstić information content (AvgIpc) is 1.94. The molecule has 70 valence electrons. The van der Waals surface area contributed by atoms with Crippen LogP contribution < -0.4 is 0 Å². The maximum Gasteiger partial charge on any atom is 0.196 e. The largest absolute Gasteiger partial charge is 0.290 e. The molecular formula is C9H14AlNO2. The molecule has 0 aromatic carbocycles. The van der Waals surface area contributed by atoms with Gasteiger partial charge in [0.2, 0.25) is 0 Å². The van der Waals surface area contributed by atoms with Gasteiger partial charge in [-0.15, -0.1) is 0 Å². The molecule has 1 aliphatic rings. The summed E-state index contributed by atoms with van der Waals surface area (Å²) >= 11 is 0. The van der Waals surface area contributed by atoms with Crippen molar-refractivity contribution in [3.05, 3.63) is 23.8 Å². The minimum absolute atomic E-state index is 0. The second kappa shape index (κ2) is 7.49. The van der Waals surface area contributed by atoms with E-state index >= 15 is 0 Å². The summed E-state index contributed by atoms with van der Waals surface area (Å²) in [6.45, 7) is 0. The second-order valence-electron chi connectivity index (χ2n) is 1.77. The fraction of sp³-hybridized carbons (Fsp3) is 0.222. The van der Waals surface area contributed by atoms with E-state index in [4.69, 9.17) is 5.26 Å². The second-order valence-corrected chi connectivity index (χ2v) is 1.77. The molecule has 0 heterocycles. The number of carbonyl (C=O) groups excluding carboxylic acids is 2. The molecule has 0 unspecified atom stereocenters. The molecule has 0 spiro atoms. The Morgan fingerprint density at radius 2 is 1.69 bits per heavy atom. The summed E-state index contributed by atoms with van der Waals surface area (Å²) in [7, 11) is 0. The third-order valence-corrected chi connectivity index (χ3v) is 1.07. The van der Waals surface area contributed by atoms with Crippen molar-refractivity contribution in [2.24, 2.45) is 0 Å². The number of ketones is 2. The summed E-state index contributed by atoms with van der Waals surface area (Å²) in [4.78, 5) is 21.2. The van der Waals surface area contributed by atoms with Gasteiger partial charge in [0.05, 0.1) is 0 Å². The maximum absolute atomic E-state index is 10.6. The summed E-state index contributed by atoms with van der Waals surface area (Å²) in [5.74, 6) is -0.710. The highest BCUT2D eigenvalue weighted by molar-refractivity contribution is 6.19. The quantitative estimate of drug-likeness (QED) is 0.410. The van der Waals surface area contributed by atoms with Crippen LogP contribution in [-0.4, -0.2) is 28.9 Å². The predicted molar refractivity (Wildman–Crippen MR) is 56.3 cm³/mol. The molecule has 0 amide bonds. The molecule has 0 bridgehead atoms. The van der Waals surface area contributed by atoms with Crippen molar-refractivity contribution in [1.29, 1.82) is 5.26 Å². The lowest BCUT2D eigenvalue weighted by Gasteiger charge is -1.94. The van der Waals surface area contributed by atoms with E-state index in [1.54, 1.807) is 6.07 Å². The Labute approximate surface area is 88.9 Å². The molecule has 0 N–H and O–H groups in total. The van der Waals surface area contributed by atoms with Gasteiger partial charge >= 0.3 is 0 Å². The molecule has 4 heteroatoms. The number of nitriles is 1. The van der Waals surface area contributed by atoms with E-state index in [0.717, 1.165) is 18.2 Å². The molecule has 0 saturated heterocycles. The van der Waals surface area contributed by atoms with Crippen molar-refractivity contribution >= 4 is 28.9 Å². The highest BCUT2D eigenvalue weighted by Crippen LogP contribution is 2.02. The minimum Gasteiger partial charge on any atom is -0.290 e. The predicted octanol–water partition coefficient (Wildman–Crippen LogP) is 0.233. The third kappa shape index (κ3) is 4.42. The number of hydrogen-bond acceptors (Lipinski definition) is 3. The molecule has 1 rings (SSSR count). The van der Waals surface area contributed by atoms with Crippen LogP contribution in [0.2, 0.25) is 0 Å². The number of nitrogens with zero attached hydrogens (tertiary/aromatic N) is 1. The first-order chi connectivity index (χ1) is 4.74. The highest BCUT2D eigenvalue weighted by atomic mass is 27.0. The Morgan fingerprint density at radius 1 is 1.15 bits per heavy atom. The van der Waals surface area contributed by atoms with Crippen molar-refractivity contribution in [2.45, 2.75) is 14.9 Å². The molecule has 0 aromatic heterocycles. The van der Waals surface area contributed by atoms with E-state index < -0.39 is 5.78 Å². The summed E-state index contributed by atoms with van der Waals surface area (Å²) in [6.07, 6.45) is 3.27. The van der Waals surface area contributed by atoms with E-state index in [0.29, 0.717) is 0 Å². The first-order valence-electron chi connectivity index (χ1n) is 2.62. The fourth-order valence-electron chi connectivity index (χ4n) is 0.596. The van der Waals surface area contributed by atoms with Crippen LogP contribution in [0.5, 0.6) is 0 Å². The lowest BCUT2D eigenvalue weighted by atomic mass is 10.1. The van der Waals surface area contributed by atoms with Gasteiger partial charge in [-0.25, -0.2) is 0 Å².